The summed E-state index contributed by atoms with van der Waals surface area (Å²) >= 11 is 3.24. The molecule has 2 heterocycles. The van der Waals surface area contributed by atoms with Crippen LogP contribution in [0.15, 0.2) is 24.8 Å². The second kappa shape index (κ2) is 7.85. The Balaban J connectivity index is 0.000000191. The Morgan fingerprint density at radius 1 is 0.947 bits per heavy atom. The molecule has 0 aliphatic rings. The summed E-state index contributed by atoms with van der Waals surface area (Å²) in [7, 11) is 0. The highest BCUT2D eigenvalue weighted by atomic mass is 79.9. The van der Waals surface area contributed by atoms with Crippen molar-refractivity contribution >= 4 is 15.9 Å². The van der Waals surface area contributed by atoms with Gasteiger partial charge in [-0.1, -0.05) is 15.9 Å². The SMILES string of the molecule is Cc1cnc(C#N)nc1.N#Cc1ncc(CBr)cn1. The molecule has 19 heavy (non-hydrogen) atoms. The Hall–Kier alpha value is -2.38. The van der Waals surface area contributed by atoms with Gasteiger partial charge in [0, 0.05) is 30.1 Å². The van der Waals surface area contributed by atoms with Gasteiger partial charge in [0.15, 0.2) is 0 Å². The van der Waals surface area contributed by atoms with Gasteiger partial charge in [0.2, 0.25) is 11.6 Å². The van der Waals surface area contributed by atoms with Crippen molar-refractivity contribution in [2.24, 2.45) is 0 Å². The van der Waals surface area contributed by atoms with E-state index in [2.05, 4.69) is 35.9 Å². The lowest BCUT2D eigenvalue weighted by Crippen LogP contribution is -1.88. The second-order valence-corrected chi connectivity index (χ2v) is 3.92. The molecular formula is C12H9BrN6. The molecule has 0 aliphatic heterocycles. The number of aromatic nitrogens is 4. The molecular weight excluding hydrogens is 308 g/mol. The number of alkyl halides is 1. The molecule has 0 saturated heterocycles. The molecule has 0 aliphatic carbocycles. The van der Waals surface area contributed by atoms with Gasteiger partial charge in [-0.25, -0.2) is 19.9 Å². The van der Waals surface area contributed by atoms with Crippen LogP contribution in [-0.2, 0) is 5.33 Å². The van der Waals surface area contributed by atoms with Crippen LogP contribution in [0.2, 0.25) is 0 Å². The highest BCUT2D eigenvalue weighted by Gasteiger charge is 1.92. The standard InChI is InChI=1S/C6H4BrN3.C6H5N3/c7-1-5-3-9-6(2-8)10-4-5;1-5-3-8-6(2-7)9-4-5/h3-4H,1H2;3-4H,1H3. The van der Waals surface area contributed by atoms with E-state index >= 15 is 0 Å². The largest absolute Gasteiger partial charge is 0.232 e. The summed E-state index contributed by atoms with van der Waals surface area (Å²) in [5.41, 5.74) is 1.94. The highest BCUT2D eigenvalue weighted by molar-refractivity contribution is 9.08. The summed E-state index contributed by atoms with van der Waals surface area (Å²) < 4.78 is 0. The van der Waals surface area contributed by atoms with E-state index < -0.39 is 0 Å². The quantitative estimate of drug-likeness (QED) is 0.745. The number of nitriles is 2. The van der Waals surface area contributed by atoms with E-state index in [1.807, 2.05) is 19.1 Å². The van der Waals surface area contributed by atoms with Crippen molar-refractivity contribution in [2.75, 3.05) is 0 Å². The van der Waals surface area contributed by atoms with E-state index in [-0.39, 0.29) is 11.6 Å². The maximum absolute atomic E-state index is 8.31. The third-order valence-corrected chi connectivity index (χ3v) is 2.49. The number of halogens is 1. The summed E-state index contributed by atoms with van der Waals surface area (Å²) in [6.45, 7) is 1.88. The van der Waals surface area contributed by atoms with E-state index in [4.69, 9.17) is 10.5 Å². The fraction of sp³-hybridized carbons (Fsp3) is 0.167. The van der Waals surface area contributed by atoms with E-state index in [1.54, 1.807) is 24.8 Å². The molecule has 2 aromatic heterocycles. The van der Waals surface area contributed by atoms with Crippen molar-refractivity contribution in [1.82, 2.24) is 19.9 Å². The first-order chi connectivity index (χ1) is 9.19. The van der Waals surface area contributed by atoms with Crippen LogP contribution >= 0.6 is 15.9 Å². The number of nitrogens with zero attached hydrogens (tertiary/aromatic N) is 6. The van der Waals surface area contributed by atoms with Crippen LogP contribution in [0.1, 0.15) is 22.8 Å². The molecule has 0 saturated carbocycles. The zero-order valence-corrected chi connectivity index (χ0v) is 11.7. The lowest BCUT2D eigenvalue weighted by atomic mass is 10.4. The van der Waals surface area contributed by atoms with Gasteiger partial charge in [0.1, 0.15) is 12.1 Å². The van der Waals surface area contributed by atoms with Gasteiger partial charge in [-0.3, -0.25) is 0 Å². The molecule has 0 N–H and O–H groups in total. The fourth-order valence-electron chi connectivity index (χ4n) is 0.932. The zero-order valence-electron chi connectivity index (χ0n) is 10.1. The Bertz CT molecular complexity index is 594. The lowest BCUT2D eigenvalue weighted by Gasteiger charge is -1.90. The highest BCUT2D eigenvalue weighted by Crippen LogP contribution is 2.00. The normalized spacial score (nSPS) is 8.63. The average Bonchev–Trinajstić information content (AvgIpc) is 2.49. The van der Waals surface area contributed by atoms with Gasteiger partial charge in [-0.15, -0.1) is 0 Å². The fourth-order valence-corrected chi connectivity index (χ4v) is 1.22. The van der Waals surface area contributed by atoms with Crippen molar-refractivity contribution in [1.29, 1.82) is 10.5 Å². The minimum Gasteiger partial charge on any atom is -0.227 e. The maximum atomic E-state index is 8.31. The van der Waals surface area contributed by atoms with E-state index in [9.17, 15) is 0 Å². The van der Waals surface area contributed by atoms with Crippen LogP contribution in [0.3, 0.4) is 0 Å². The second-order valence-electron chi connectivity index (χ2n) is 3.36. The van der Waals surface area contributed by atoms with E-state index in [1.165, 1.54) is 0 Å². The number of hydrogen-bond donors (Lipinski definition) is 0. The molecule has 0 bridgehead atoms. The van der Waals surface area contributed by atoms with Gasteiger partial charge in [-0.05, 0) is 18.1 Å². The van der Waals surface area contributed by atoms with Crippen LogP contribution in [-0.4, -0.2) is 19.9 Å². The van der Waals surface area contributed by atoms with Crippen LogP contribution in [0.5, 0.6) is 0 Å². The molecule has 94 valence electrons. The Labute approximate surface area is 118 Å². The number of hydrogen-bond acceptors (Lipinski definition) is 6. The Morgan fingerprint density at radius 2 is 1.37 bits per heavy atom. The van der Waals surface area contributed by atoms with Gasteiger partial charge in [0.25, 0.3) is 0 Å². The molecule has 7 heteroatoms. The van der Waals surface area contributed by atoms with Crippen LogP contribution in [0.25, 0.3) is 0 Å². The van der Waals surface area contributed by atoms with Gasteiger partial charge < -0.3 is 0 Å². The van der Waals surface area contributed by atoms with Gasteiger partial charge >= 0.3 is 0 Å². The lowest BCUT2D eigenvalue weighted by molar-refractivity contribution is 1.08. The predicted molar refractivity (Wildman–Crippen MR) is 70.9 cm³/mol. The summed E-state index contributed by atoms with van der Waals surface area (Å²) in [5, 5.41) is 17.3. The average molecular weight is 317 g/mol. The third-order valence-electron chi connectivity index (χ3n) is 1.84. The van der Waals surface area contributed by atoms with Crippen LogP contribution in [0, 0.1) is 29.6 Å². The summed E-state index contributed by atoms with van der Waals surface area (Å²) in [6.07, 6.45) is 6.48. The summed E-state index contributed by atoms with van der Waals surface area (Å²) in [4.78, 5) is 15.0. The molecule has 0 fully saturated rings. The van der Waals surface area contributed by atoms with E-state index in [0.717, 1.165) is 16.5 Å². The molecule has 6 nitrogen and oxygen atoms in total. The zero-order chi connectivity index (χ0) is 14.1. The molecule has 0 spiro atoms. The molecule has 0 atom stereocenters. The molecule has 0 aromatic carbocycles. The van der Waals surface area contributed by atoms with Crippen molar-refractivity contribution in [2.45, 2.75) is 12.3 Å². The van der Waals surface area contributed by atoms with Crippen molar-refractivity contribution < 1.29 is 0 Å². The minimum atomic E-state index is 0.213. The summed E-state index contributed by atoms with van der Waals surface area (Å²) in [6, 6.07) is 3.67. The summed E-state index contributed by atoms with van der Waals surface area (Å²) in [5.74, 6) is 0.435. The van der Waals surface area contributed by atoms with Crippen molar-refractivity contribution in [3.63, 3.8) is 0 Å². The Kier molecular flexibility index (Phi) is 6.07. The smallest absolute Gasteiger partial charge is 0.227 e. The third kappa shape index (κ3) is 5.19. The molecule has 0 unspecified atom stereocenters. The monoisotopic (exact) mass is 316 g/mol. The molecule has 0 radical (unpaired) electrons. The minimum absolute atomic E-state index is 0.213. The van der Waals surface area contributed by atoms with E-state index in [0.29, 0.717) is 0 Å². The topological polar surface area (TPSA) is 99.1 Å². The van der Waals surface area contributed by atoms with Crippen LogP contribution < -0.4 is 0 Å². The number of rotatable bonds is 1. The molecule has 0 amide bonds. The first-order valence-electron chi connectivity index (χ1n) is 5.15. The van der Waals surface area contributed by atoms with Crippen molar-refractivity contribution in [3.05, 3.63) is 47.6 Å². The molecule has 2 rings (SSSR count). The van der Waals surface area contributed by atoms with Gasteiger partial charge in [-0.2, -0.15) is 10.5 Å². The molecule has 2 aromatic rings. The van der Waals surface area contributed by atoms with Gasteiger partial charge in [0.05, 0.1) is 0 Å². The van der Waals surface area contributed by atoms with Crippen molar-refractivity contribution in [3.8, 4) is 12.1 Å². The maximum Gasteiger partial charge on any atom is 0.232 e. The predicted octanol–water partition coefficient (Wildman–Crippen LogP) is 1.90. The number of aryl methyl sites for hydroxylation is 1. The van der Waals surface area contributed by atoms with Crippen LogP contribution in [0.4, 0.5) is 0 Å². The first-order valence-corrected chi connectivity index (χ1v) is 6.27. The first kappa shape index (κ1) is 14.7. The Morgan fingerprint density at radius 3 is 1.74 bits per heavy atom.